The van der Waals surface area contributed by atoms with E-state index >= 15 is 0 Å². The molecule has 1 aliphatic heterocycles. The summed E-state index contributed by atoms with van der Waals surface area (Å²) in [6.45, 7) is 2.30. The van der Waals surface area contributed by atoms with Crippen molar-refractivity contribution in [2.75, 3.05) is 13.7 Å². The lowest BCUT2D eigenvalue weighted by molar-refractivity contribution is 0.0661. The standard InChI is InChI=1S/C11H14BrNO6S/c1-6-7(3-4-18-6)13(2)20(16,17)9-5-8(11(14)15)19-10(9)12/h5-7H,3-4H2,1-2H3,(H,14,15). The molecule has 0 radical (unpaired) electrons. The van der Waals surface area contributed by atoms with Crippen molar-refractivity contribution in [1.82, 2.24) is 4.31 Å². The van der Waals surface area contributed by atoms with Gasteiger partial charge < -0.3 is 14.3 Å². The van der Waals surface area contributed by atoms with E-state index < -0.39 is 21.8 Å². The van der Waals surface area contributed by atoms with Crippen LogP contribution in [0.15, 0.2) is 20.0 Å². The fourth-order valence-corrected chi connectivity index (χ4v) is 4.51. The van der Waals surface area contributed by atoms with E-state index in [4.69, 9.17) is 14.3 Å². The molecule has 0 spiro atoms. The van der Waals surface area contributed by atoms with Gasteiger partial charge in [0.2, 0.25) is 15.8 Å². The highest BCUT2D eigenvalue weighted by Gasteiger charge is 2.37. The molecule has 20 heavy (non-hydrogen) atoms. The minimum atomic E-state index is -3.85. The van der Waals surface area contributed by atoms with Crippen molar-refractivity contribution in [1.29, 1.82) is 0 Å². The lowest BCUT2D eigenvalue weighted by atomic mass is 10.2. The molecule has 9 heteroatoms. The van der Waals surface area contributed by atoms with Gasteiger partial charge in [0.1, 0.15) is 4.90 Å². The van der Waals surface area contributed by atoms with Gasteiger partial charge in [-0.05, 0) is 29.3 Å². The van der Waals surface area contributed by atoms with Crippen molar-refractivity contribution >= 4 is 31.9 Å². The summed E-state index contributed by atoms with van der Waals surface area (Å²) in [5.41, 5.74) is 0. The molecule has 0 bridgehead atoms. The predicted octanol–water partition coefficient (Wildman–Crippen LogP) is 1.54. The van der Waals surface area contributed by atoms with E-state index in [1.807, 2.05) is 0 Å². The number of carboxylic acids is 1. The molecule has 2 heterocycles. The number of hydrogen-bond acceptors (Lipinski definition) is 5. The third kappa shape index (κ3) is 2.62. The first kappa shape index (κ1) is 15.5. The van der Waals surface area contributed by atoms with Crippen LogP contribution in [-0.4, -0.2) is 49.6 Å². The van der Waals surface area contributed by atoms with E-state index in [0.29, 0.717) is 13.0 Å². The molecular formula is C11H14BrNO6S. The molecule has 1 saturated heterocycles. The van der Waals surface area contributed by atoms with Crippen molar-refractivity contribution in [2.24, 2.45) is 0 Å². The smallest absolute Gasteiger partial charge is 0.371 e. The molecule has 0 aliphatic carbocycles. The van der Waals surface area contributed by atoms with Gasteiger partial charge in [-0.1, -0.05) is 0 Å². The number of hydrogen-bond donors (Lipinski definition) is 1. The largest absolute Gasteiger partial charge is 0.475 e. The first-order chi connectivity index (χ1) is 9.25. The third-order valence-corrected chi connectivity index (χ3v) is 6.07. The molecule has 2 rings (SSSR count). The summed E-state index contributed by atoms with van der Waals surface area (Å²) in [7, 11) is -2.40. The third-order valence-electron chi connectivity index (χ3n) is 3.33. The van der Waals surface area contributed by atoms with Gasteiger partial charge in [0.15, 0.2) is 4.67 Å². The van der Waals surface area contributed by atoms with E-state index in [1.165, 1.54) is 11.4 Å². The van der Waals surface area contributed by atoms with E-state index in [-0.39, 0.29) is 21.7 Å². The molecule has 1 aromatic rings. The van der Waals surface area contributed by atoms with Crippen LogP contribution in [0.4, 0.5) is 0 Å². The number of likely N-dealkylation sites (N-methyl/N-ethyl adjacent to an activating group) is 1. The Labute approximate surface area is 124 Å². The molecule has 0 aromatic carbocycles. The summed E-state index contributed by atoms with van der Waals surface area (Å²) >= 11 is 2.95. The minimum Gasteiger partial charge on any atom is -0.475 e. The molecule has 1 fully saturated rings. The number of carboxylic acid groups (broad SMARTS) is 1. The van der Waals surface area contributed by atoms with E-state index in [1.54, 1.807) is 6.92 Å². The fraction of sp³-hybridized carbons (Fsp3) is 0.545. The quantitative estimate of drug-likeness (QED) is 0.866. The fourth-order valence-electron chi connectivity index (χ4n) is 2.16. The zero-order chi connectivity index (χ0) is 15.1. The molecule has 0 saturated carbocycles. The van der Waals surface area contributed by atoms with Crippen LogP contribution >= 0.6 is 15.9 Å². The number of aromatic carboxylic acids is 1. The van der Waals surface area contributed by atoms with Gasteiger partial charge in [0.25, 0.3) is 0 Å². The number of ether oxygens (including phenoxy) is 1. The zero-order valence-electron chi connectivity index (χ0n) is 10.9. The number of furan rings is 1. The normalized spacial score (nSPS) is 23.4. The maximum Gasteiger partial charge on any atom is 0.371 e. The van der Waals surface area contributed by atoms with Crippen molar-refractivity contribution in [2.45, 2.75) is 30.4 Å². The Balaban J connectivity index is 2.37. The summed E-state index contributed by atoms with van der Waals surface area (Å²) in [4.78, 5) is 10.6. The van der Waals surface area contributed by atoms with E-state index in [9.17, 15) is 13.2 Å². The summed E-state index contributed by atoms with van der Waals surface area (Å²) in [5, 5.41) is 8.84. The Morgan fingerprint density at radius 3 is 2.65 bits per heavy atom. The van der Waals surface area contributed by atoms with Crippen LogP contribution in [0.2, 0.25) is 0 Å². The lowest BCUT2D eigenvalue weighted by Gasteiger charge is -2.25. The Morgan fingerprint density at radius 1 is 1.55 bits per heavy atom. The Kier molecular flexibility index (Phi) is 4.24. The lowest BCUT2D eigenvalue weighted by Crippen LogP contribution is -2.40. The van der Waals surface area contributed by atoms with Crippen LogP contribution in [0.1, 0.15) is 23.9 Å². The van der Waals surface area contributed by atoms with Crippen LogP contribution < -0.4 is 0 Å². The molecule has 1 N–H and O–H groups in total. The molecule has 1 aromatic heterocycles. The van der Waals surface area contributed by atoms with Crippen LogP contribution in [0.3, 0.4) is 0 Å². The Bertz CT molecular complexity index is 625. The number of nitrogens with zero attached hydrogens (tertiary/aromatic N) is 1. The van der Waals surface area contributed by atoms with Crippen molar-refractivity contribution < 1.29 is 27.5 Å². The number of carbonyl (C=O) groups is 1. The average Bonchev–Trinajstić information content (AvgIpc) is 2.94. The van der Waals surface area contributed by atoms with E-state index in [0.717, 1.165) is 6.07 Å². The van der Waals surface area contributed by atoms with Crippen molar-refractivity contribution in [3.05, 3.63) is 16.5 Å². The predicted molar refractivity (Wildman–Crippen MR) is 72.1 cm³/mol. The van der Waals surface area contributed by atoms with E-state index in [2.05, 4.69) is 15.9 Å². The molecular weight excluding hydrogens is 354 g/mol. The highest BCUT2D eigenvalue weighted by molar-refractivity contribution is 9.10. The van der Waals surface area contributed by atoms with Crippen LogP contribution in [0.25, 0.3) is 0 Å². The van der Waals surface area contributed by atoms with Crippen molar-refractivity contribution in [3.63, 3.8) is 0 Å². The maximum atomic E-state index is 12.5. The number of halogens is 1. The topological polar surface area (TPSA) is 97.0 Å². The summed E-state index contributed by atoms with van der Waals surface area (Å²) in [6.07, 6.45) is 0.386. The van der Waals surface area contributed by atoms with Gasteiger partial charge in [-0.2, -0.15) is 4.31 Å². The van der Waals surface area contributed by atoms with Crippen LogP contribution in [-0.2, 0) is 14.8 Å². The first-order valence-electron chi connectivity index (χ1n) is 5.87. The van der Waals surface area contributed by atoms with Gasteiger partial charge >= 0.3 is 5.97 Å². The van der Waals surface area contributed by atoms with Crippen LogP contribution in [0.5, 0.6) is 0 Å². The molecule has 2 atom stereocenters. The summed E-state index contributed by atoms with van der Waals surface area (Å²) in [6, 6.07) is 0.716. The van der Waals surface area contributed by atoms with Gasteiger partial charge in [0.05, 0.1) is 12.1 Å². The maximum absolute atomic E-state index is 12.5. The Morgan fingerprint density at radius 2 is 2.20 bits per heavy atom. The SMILES string of the molecule is CC1OCCC1N(C)S(=O)(=O)c1cc(C(=O)O)oc1Br. The molecule has 112 valence electrons. The second-order valence-corrected chi connectivity index (χ2v) is 7.19. The monoisotopic (exact) mass is 367 g/mol. The Hall–Kier alpha value is -0.900. The number of sulfonamides is 1. The zero-order valence-corrected chi connectivity index (χ0v) is 13.3. The molecule has 2 unspecified atom stereocenters. The molecule has 7 nitrogen and oxygen atoms in total. The summed E-state index contributed by atoms with van der Waals surface area (Å²) in [5.74, 6) is -1.76. The minimum absolute atomic E-state index is 0.117. The highest BCUT2D eigenvalue weighted by Crippen LogP contribution is 2.31. The van der Waals surface area contributed by atoms with Gasteiger partial charge in [-0.15, -0.1) is 0 Å². The van der Waals surface area contributed by atoms with Crippen molar-refractivity contribution in [3.8, 4) is 0 Å². The average molecular weight is 368 g/mol. The van der Waals surface area contributed by atoms with Gasteiger partial charge in [-0.25, -0.2) is 13.2 Å². The second kappa shape index (κ2) is 5.47. The number of rotatable bonds is 4. The van der Waals surface area contributed by atoms with Crippen LogP contribution in [0, 0.1) is 0 Å². The first-order valence-corrected chi connectivity index (χ1v) is 8.10. The molecule has 0 amide bonds. The molecule has 1 aliphatic rings. The highest BCUT2D eigenvalue weighted by atomic mass is 79.9. The van der Waals surface area contributed by atoms with Gasteiger partial charge in [-0.3, -0.25) is 0 Å². The summed E-state index contributed by atoms with van der Waals surface area (Å²) < 4.78 is 36.3. The van der Waals surface area contributed by atoms with Gasteiger partial charge in [0, 0.05) is 19.7 Å². The second-order valence-electron chi connectivity index (χ2n) is 4.51.